The molecule has 5 nitrogen and oxygen atoms in total. The minimum atomic E-state index is -0.536. The summed E-state index contributed by atoms with van der Waals surface area (Å²) in [6.45, 7) is 7.73. The van der Waals surface area contributed by atoms with Crippen LogP contribution in [-0.2, 0) is 23.8 Å². The van der Waals surface area contributed by atoms with Gasteiger partial charge in [0.1, 0.15) is 6.61 Å². The monoisotopic (exact) mass is 869 g/mol. The van der Waals surface area contributed by atoms with E-state index in [4.69, 9.17) is 14.2 Å². The number of hydrogen-bond acceptors (Lipinski definition) is 5. The van der Waals surface area contributed by atoms with E-state index in [0.717, 1.165) is 77.0 Å². The summed E-state index contributed by atoms with van der Waals surface area (Å²) >= 11 is 0. The summed E-state index contributed by atoms with van der Waals surface area (Å²) in [4.78, 5) is 25.4. The molecule has 0 aliphatic heterocycles. The Morgan fingerprint density at radius 3 is 1.16 bits per heavy atom. The van der Waals surface area contributed by atoms with Crippen LogP contribution in [0, 0.1) is 0 Å². The van der Waals surface area contributed by atoms with Gasteiger partial charge in [-0.3, -0.25) is 9.59 Å². The second kappa shape index (κ2) is 53.2. The molecule has 62 heavy (non-hydrogen) atoms. The van der Waals surface area contributed by atoms with E-state index in [-0.39, 0.29) is 25.2 Å². The molecule has 362 valence electrons. The lowest BCUT2D eigenvalue weighted by Gasteiger charge is -2.18. The molecule has 0 aliphatic carbocycles. The first-order valence-electron chi connectivity index (χ1n) is 27.2. The highest BCUT2D eigenvalue weighted by Gasteiger charge is 2.17. The molecule has 5 heteroatoms. The summed E-state index contributed by atoms with van der Waals surface area (Å²) in [6, 6.07) is 0. The van der Waals surface area contributed by atoms with Gasteiger partial charge < -0.3 is 14.2 Å². The van der Waals surface area contributed by atoms with E-state index in [2.05, 4.69) is 69.4 Å². The van der Waals surface area contributed by atoms with E-state index in [0.29, 0.717) is 19.4 Å². The largest absolute Gasteiger partial charge is 0.462 e. The van der Waals surface area contributed by atoms with Crippen LogP contribution >= 0.6 is 0 Å². The molecule has 1 unspecified atom stereocenters. The maximum Gasteiger partial charge on any atom is 0.306 e. The average Bonchev–Trinajstić information content (AvgIpc) is 3.27. The Kier molecular flexibility index (Phi) is 51.4. The Morgan fingerprint density at radius 1 is 0.371 bits per heavy atom. The van der Waals surface area contributed by atoms with Crippen molar-refractivity contribution in [3.63, 3.8) is 0 Å². The number of carbonyl (C=O) groups excluding carboxylic acids is 2. The van der Waals surface area contributed by atoms with Gasteiger partial charge in [0.2, 0.25) is 0 Å². The SMILES string of the molecule is CC/C=C\C/C=C\C/C=C\C/C=C\CCCCCCCCC(=O)OCC(COCCCCCCCCCC)OC(=O)CCCCCCCCCCCCCCCCCCCCC. The molecule has 0 aliphatic rings. The molecule has 0 saturated heterocycles. The number of esters is 2. The molecule has 0 aromatic rings. The smallest absolute Gasteiger partial charge is 0.306 e. The zero-order chi connectivity index (χ0) is 44.9. The minimum Gasteiger partial charge on any atom is -0.462 e. The molecular formula is C57H104O5. The van der Waals surface area contributed by atoms with Gasteiger partial charge in [0.25, 0.3) is 0 Å². The van der Waals surface area contributed by atoms with Crippen LogP contribution in [0.5, 0.6) is 0 Å². The summed E-state index contributed by atoms with van der Waals surface area (Å²) in [5.41, 5.74) is 0. The maximum atomic E-state index is 12.8. The van der Waals surface area contributed by atoms with Gasteiger partial charge in [-0.2, -0.15) is 0 Å². The number of rotatable bonds is 50. The molecule has 0 saturated carbocycles. The second-order valence-electron chi connectivity index (χ2n) is 18.1. The third kappa shape index (κ3) is 50.5. The summed E-state index contributed by atoms with van der Waals surface area (Å²) < 4.78 is 17.4. The lowest BCUT2D eigenvalue weighted by molar-refractivity contribution is -0.163. The average molecular weight is 869 g/mol. The van der Waals surface area contributed by atoms with E-state index < -0.39 is 6.10 Å². The highest BCUT2D eigenvalue weighted by molar-refractivity contribution is 5.70. The van der Waals surface area contributed by atoms with Crippen LogP contribution in [0.2, 0.25) is 0 Å². The molecule has 0 heterocycles. The molecule has 0 fully saturated rings. The minimum absolute atomic E-state index is 0.0818. The Balaban J connectivity index is 4.13. The van der Waals surface area contributed by atoms with Crippen LogP contribution in [0.25, 0.3) is 0 Å². The van der Waals surface area contributed by atoms with E-state index in [1.54, 1.807) is 0 Å². The highest BCUT2D eigenvalue weighted by Crippen LogP contribution is 2.16. The first-order valence-corrected chi connectivity index (χ1v) is 27.2. The van der Waals surface area contributed by atoms with Crippen molar-refractivity contribution in [3.05, 3.63) is 48.6 Å². The van der Waals surface area contributed by atoms with E-state index in [9.17, 15) is 9.59 Å². The van der Waals surface area contributed by atoms with Crippen LogP contribution in [0.3, 0.4) is 0 Å². The number of ether oxygens (including phenoxy) is 3. The van der Waals surface area contributed by atoms with Crippen LogP contribution in [0.1, 0.15) is 278 Å². The van der Waals surface area contributed by atoms with Gasteiger partial charge in [0.15, 0.2) is 6.10 Å². The number of allylic oxidation sites excluding steroid dienone is 8. The fourth-order valence-electron chi connectivity index (χ4n) is 7.86. The Hall–Kier alpha value is -2.14. The lowest BCUT2D eigenvalue weighted by atomic mass is 10.0. The van der Waals surface area contributed by atoms with Crippen molar-refractivity contribution in [2.75, 3.05) is 19.8 Å². The van der Waals surface area contributed by atoms with Gasteiger partial charge in [-0.15, -0.1) is 0 Å². The van der Waals surface area contributed by atoms with Gasteiger partial charge >= 0.3 is 11.9 Å². The topological polar surface area (TPSA) is 61.8 Å². The fraction of sp³-hybridized carbons (Fsp3) is 0.825. The van der Waals surface area contributed by atoms with E-state index in [1.807, 2.05) is 0 Å². The molecule has 0 amide bonds. The zero-order valence-corrected chi connectivity index (χ0v) is 41.6. The van der Waals surface area contributed by atoms with Gasteiger partial charge in [-0.25, -0.2) is 0 Å². The quantitative estimate of drug-likeness (QED) is 0.0346. The van der Waals surface area contributed by atoms with Crippen LogP contribution < -0.4 is 0 Å². The van der Waals surface area contributed by atoms with Crippen molar-refractivity contribution in [1.82, 2.24) is 0 Å². The Bertz CT molecular complexity index is 1030. The van der Waals surface area contributed by atoms with Crippen molar-refractivity contribution in [2.24, 2.45) is 0 Å². The van der Waals surface area contributed by atoms with Crippen molar-refractivity contribution in [3.8, 4) is 0 Å². The third-order valence-electron chi connectivity index (χ3n) is 11.9. The third-order valence-corrected chi connectivity index (χ3v) is 11.9. The number of unbranched alkanes of at least 4 members (excludes halogenated alkanes) is 31. The Labute approximate surface area is 386 Å². The van der Waals surface area contributed by atoms with Crippen molar-refractivity contribution >= 4 is 11.9 Å². The van der Waals surface area contributed by atoms with Crippen molar-refractivity contribution in [1.29, 1.82) is 0 Å². The molecule has 0 aromatic heterocycles. The van der Waals surface area contributed by atoms with E-state index >= 15 is 0 Å². The van der Waals surface area contributed by atoms with Gasteiger partial charge in [-0.05, 0) is 57.8 Å². The predicted octanol–water partition coefficient (Wildman–Crippen LogP) is 18.3. The van der Waals surface area contributed by atoms with Gasteiger partial charge in [-0.1, -0.05) is 256 Å². The summed E-state index contributed by atoms with van der Waals surface area (Å²) in [5.74, 6) is -0.400. The summed E-state index contributed by atoms with van der Waals surface area (Å²) in [6.07, 6.45) is 65.6. The predicted molar refractivity (Wildman–Crippen MR) is 270 cm³/mol. The fourth-order valence-corrected chi connectivity index (χ4v) is 7.86. The van der Waals surface area contributed by atoms with Crippen molar-refractivity contribution < 1.29 is 23.8 Å². The first kappa shape index (κ1) is 59.9. The molecule has 1 atom stereocenters. The molecule has 0 spiro atoms. The molecule has 0 rings (SSSR count). The molecule has 0 N–H and O–H groups in total. The molecule has 0 radical (unpaired) electrons. The Morgan fingerprint density at radius 2 is 0.726 bits per heavy atom. The summed E-state index contributed by atoms with van der Waals surface area (Å²) in [7, 11) is 0. The zero-order valence-electron chi connectivity index (χ0n) is 41.6. The lowest BCUT2D eigenvalue weighted by Crippen LogP contribution is -2.30. The summed E-state index contributed by atoms with van der Waals surface area (Å²) in [5, 5.41) is 0. The standard InChI is InChI=1S/C57H104O5/c1-4-7-10-13-16-19-21-23-25-27-29-31-33-35-37-39-41-44-47-50-56(58)61-54-55(53-60-52-49-46-43-18-15-12-9-6-3)62-57(59)51-48-45-42-40-38-36-34-32-30-28-26-24-22-20-17-14-11-8-5-2/h7,10,16,19,23,25,29,31,55H,4-6,8-9,11-15,17-18,20-22,24,26-28,30,32-54H2,1-3H3/b10-7-,19-16-,25-23-,31-29-. The number of carbonyl (C=O) groups is 2. The van der Waals surface area contributed by atoms with Crippen LogP contribution in [-0.4, -0.2) is 37.9 Å². The van der Waals surface area contributed by atoms with Gasteiger partial charge in [0, 0.05) is 19.4 Å². The normalized spacial score (nSPS) is 12.5. The van der Waals surface area contributed by atoms with E-state index in [1.165, 1.54) is 167 Å². The number of hydrogen-bond donors (Lipinski definition) is 0. The molecule has 0 bridgehead atoms. The molecule has 0 aromatic carbocycles. The maximum absolute atomic E-state index is 12.8. The van der Waals surface area contributed by atoms with Crippen LogP contribution in [0.15, 0.2) is 48.6 Å². The van der Waals surface area contributed by atoms with Crippen LogP contribution in [0.4, 0.5) is 0 Å². The van der Waals surface area contributed by atoms with Crippen molar-refractivity contribution in [2.45, 2.75) is 284 Å². The highest BCUT2D eigenvalue weighted by atomic mass is 16.6. The van der Waals surface area contributed by atoms with Gasteiger partial charge in [0.05, 0.1) is 6.61 Å². The molecular weight excluding hydrogens is 765 g/mol. The second-order valence-corrected chi connectivity index (χ2v) is 18.1. The first-order chi connectivity index (χ1) is 30.6.